The van der Waals surface area contributed by atoms with Crippen LogP contribution in [0.4, 0.5) is 5.13 Å². The molecule has 144 valence electrons. The van der Waals surface area contributed by atoms with Gasteiger partial charge in [-0.25, -0.2) is 13.4 Å². The number of H-pyrrole nitrogens is 1. The van der Waals surface area contributed by atoms with Gasteiger partial charge in [-0.2, -0.15) is 0 Å². The summed E-state index contributed by atoms with van der Waals surface area (Å²) in [4.78, 5) is 7.10. The van der Waals surface area contributed by atoms with E-state index in [4.69, 9.17) is 9.47 Å². The zero-order chi connectivity index (χ0) is 19.3. The van der Waals surface area contributed by atoms with Crippen LogP contribution in [0, 0.1) is 0 Å². The van der Waals surface area contributed by atoms with E-state index >= 15 is 0 Å². The molecule has 2 N–H and O–H groups in total. The van der Waals surface area contributed by atoms with Crippen molar-refractivity contribution in [1.82, 2.24) is 20.2 Å². The minimum absolute atomic E-state index is 0.127. The van der Waals surface area contributed by atoms with Crippen molar-refractivity contribution >= 4 is 26.5 Å². The number of thiazole rings is 1. The molecule has 9 nitrogen and oxygen atoms in total. The first-order valence-corrected chi connectivity index (χ1v) is 10.6. The molecule has 0 fully saturated rings. The first-order valence-electron chi connectivity index (χ1n) is 8.22. The van der Waals surface area contributed by atoms with Gasteiger partial charge in [0, 0.05) is 30.4 Å². The van der Waals surface area contributed by atoms with Gasteiger partial charge in [0.05, 0.1) is 4.90 Å². The molecule has 0 saturated carbocycles. The second kappa shape index (κ2) is 8.57. The van der Waals surface area contributed by atoms with Gasteiger partial charge in [-0.1, -0.05) is 0 Å². The second-order valence-electron chi connectivity index (χ2n) is 5.27. The average molecular weight is 409 g/mol. The fourth-order valence-corrected chi connectivity index (χ4v) is 4.05. The summed E-state index contributed by atoms with van der Waals surface area (Å²) in [5, 5.41) is 10.2. The molecule has 2 heterocycles. The number of hydrogen-bond acceptors (Lipinski definition) is 8. The van der Waals surface area contributed by atoms with Gasteiger partial charge in [0.25, 0.3) is 10.0 Å². The molecule has 0 saturated heterocycles. The third-order valence-electron chi connectivity index (χ3n) is 3.46. The van der Waals surface area contributed by atoms with Gasteiger partial charge >= 0.3 is 0 Å². The van der Waals surface area contributed by atoms with Crippen LogP contribution in [0.1, 0.15) is 26.0 Å². The Hall–Kier alpha value is -2.34. The number of aromatic nitrogens is 4. The molecule has 2 aromatic heterocycles. The monoisotopic (exact) mass is 409 g/mol. The second-order valence-corrected chi connectivity index (χ2v) is 7.85. The first-order chi connectivity index (χ1) is 13.0. The van der Waals surface area contributed by atoms with Crippen molar-refractivity contribution in [2.24, 2.45) is 0 Å². The Kier molecular flexibility index (Phi) is 6.16. The van der Waals surface area contributed by atoms with E-state index in [0.29, 0.717) is 35.6 Å². The predicted octanol–water partition coefficient (Wildman–Crippen LogP) is 2.80. The van der Waals surface area contributed by atoms with E-state index in [-0.39, 0.29) is 4.90 Å². The van der Waals surface area contributed by atoms with Crippen LogP contribution in [0.15, 0.2) is 40.7 Å². The number of sulfonamides is 1. The topological polar surface area (TPSA) is 119 Å². The van der Waals surface area contributed by atoms with Crippen molar-refractivity contribution in [3.8, 4) is 11.4 Å². The summed E-state index contributed by atoms with van der Waals surface area (Å²) in [6, 6.07) is 6.29. The third kappa shape index (κ3) is 4.69. The van der Waals surface area contributed by atoms with Gasteiger partial charge in [0.1, 0.15) is 0 Å². The molecule has 0 unspecified atom stereocenters. The number of nitrogens with zero attached hydrogens (tertiary/aromatic N) is 3. The molecule has 0 amide bonds. The fourth-order valence-electron chi connectivity index (χ4n) is 2.26. The molecule has 3 rings (SSSR count). The summed E-state index contributed by atoms with van der Waals surface area (Å²) in [6.07, 6.45) is 0.911. The number of benzene rings is 1. The molecule has 0 spiro atoms. The Morgan fingerprint density at radius 3 is 2.44 bits per heavy atom. The fraction of sp³-hybridized carbons (Fsp3) is 0.312. The van der Waals surface area contributed by atoms with Crippen LogP contribution >= 0.6 is 11.3 Å². The quantitative estimate of drug-likeness (QED) is 0.522. The Bertz CT molecular complexity index is 949. The summed E-state index contributed by atoms with van der Waals surface area (Å²) in [5.41, 5.74) is 0.689. The van der Waals surface area contributed by atoms with Crippen molar-refractivity contribution in [3.05, 3.63) is 41.7 Å². The smallest absolute Gasteiger partial charge is 0.263 e. The molecule has 0 aliphatic rings. The zero-order valence-corrected chi connectivity index (χ0v) is 16.4. The van der Waals surface area contributed by atoms with Crippen LogP contribution in [0.2, 0.25) is 0 Å². The molecule has 27 heavy (non-hydrogen) atoms. The molecule has 0 bridgehead atoms. The van der Waals surface area contributed by atoms with Crippen LogP contribution in [0.25, 0.3) is 11.4 Å². The summed E-state index contributed by atoms with van der Waals surface area (Å²) < 4.78 is 38.1. The van der Waals surface area contributed by atoms with Crippen molar-refractivity contribution in [2.45, 2.75) is 25.0 Å². The van der Waals surface area contributed by atoms with E-state index in [1.54, 1.807) is 17.5 Å². The highest BCUT2D eigenvalue weighted by Gasteiger charge is 2.19. The lowest BCUT2D eigenvalue weighted by Gasteiger charge is -2.13. The maximum Gasteiger partial charge on any atom is 0.263 e. The number of hydrogen-bond donors (Lipinski definition) is 2. The van der Waals surface area contributed by atoms with Crippen LogP contribution in [0.3, 0.4) is 0 Å². The summed E-state index contributed by atoms with van der Waals surface area (Å²) in [5.74, 6) is 0.946. The number of anilines is 1. The Labute approximate surface area is 160 Å². The van der Waals surface area contributed by atoms with E-state index < -0.39 is 16.3 Å². The van der Waals surface area contributed by atoms with Gasteiger partial charge in [-0.3, -0.25) is 4.72 Å². The lowest BCUT2D eigenvalue weighted by atomic mass is 10.2. The van der Waals surface area contributed by atoms with Crippen molar-refractivity contribution in [2.75, 3.05) is 17.9 Å². The average Bonchev–Trinajstić information content (AvgIpc) is 3.33. The van der Waals surface area contributed by atoms with Crippen molar-refractivity contribution < 1.29 is 17.9 Å². The summed E-state index contributed by atoms with van der Waals surface area (Å²) >= 11 is 1.21. The SMILES string of the molecule is CCOC(OCC)c1nnc(-c2ccc(S(=O)(=O)Nc3nccs3)cc2)[nH]1. The number of aromatic amines is 1. The number of nitrogens with one attached hydrogen (secondary N) is 2. The maximum absolute atomic E-state index is 12.4. The van der Waals surface area contributed by atoms with Crippen LogP contribution < -0.4 is 4.72 Å². The van der Waals surface area contributed by atoms with Crippen LogP contribution in [0.5, 0.6) is 0 Å². The molecular formula is C16H19N5O4S2. The standard InChI is InChI=1S/C16H19N5O4S2/c1-3-24-15(25-4-2)14-18-13(19-20-14)11-5-7-12(8-6-11)27(22,23)21-16-17-9-10-26-16/h5-10,15H,3-4H2,1-2H3,(H,17,21)(H,18,19,20). The minimum atomic E-state index is -3.69. The highest BCUT2D eigenvalue weighted by atomic mass is 32.2. The molecule has 11 heteroatoms. The van der Waals surface area contributed by atoms with Gasteiger partial charge in [0.15, 0.2) is 16.8 Å². The van der Waals surface area contributed by atoms with Gasteiger partial charge in [-0.05, 0) is 38.1 Å². The first kappa shape index (κ1) is 19.4. The van der Waals surface area contributed by atoms with Crippen molar-refractivity contribution in [3.63, 3.8) is 0 Å². The number of rotatable bonds is 9. The lowest BCUT2D eigenvalue weighted by molar-refractivity contribution is -0.145. The van der Waals surface area contributed by atoms with Gasteiger partial charge in [0.2, 0.25) is 6.29 Å². The van der Waals surface area contributed by atoms with Crippen molar-refractivity contribution in [1.29, 1.82) is 0 Å². The number of ether oxygens (including phenoxy) is 2. The molecule has 3 aromatic rings. The van der Waals surface area contributed by atoms with E-state index in [9.17, 15) is 8.42 Å². The Morgan fingerprint density at radius 2 is 1.85 bits per heavy atom. The molecule has 1 aromatic carbocycles. The highest BCUT2D eigenvalue weighted by molar-refractivity contribution is 7.93. The summed E-state index contributed by atoms with van der Waals surface area (Å²) in [6.45, 7) is 4.67. The largest absolute Gasteiger partial charge is 0.346 e. The van der Waals surface area contributed by atoms with Gasteiger partial charge < -0.3 is 14.5 Å². The maximum atomic E-state index is 12.4. The molecular weight excluding hydrogens is 390 g/mol. The van der Waals surface area contributed by atoms with E-state index in [2.05, 4.69) is 24.9 Å². The Morgan fingerprint density at radius 1 is 1.15 bits per heavy atom. The van der Waals surface area contributed by atoms with E-state index in [1.165, 1.54) is 29.7 Å². The molecule has 0 radical (unpaired) electrons. The minimum Gasteiger partial charge on any atom is -0.346 e. The van der Waals surface area contributed by atoms with Gasteiger partial charge in [-0.15, -0.1) is 21.5 Å². The van der Waals surface area contributed by atoms with Crippen LogP contribution in [-0.2, 0) is 19.5 Å². The molecule has 0 aliphatic heterocycles. The van der Waals surface area contributed by atoms with Crippen LogP contribution in [-0.4, -0.2) is 41.8 Å². The zero-order valence-electron chi connectivity index (χ0n) is 14.7. The molecule has 0 aliphatic carbocycles. The van der Waals surface area contributed by atoms with E-state index in [1.807, 2.05) is 13.8 Å². The highest BCUT2D eigenvalue weighted by Crippen LogP contribution is 2.23. The van der Waals surface area contributed by atoms with E-state index in [0.717, 1.165) is 0 Å². The Balaban J connectivity index is 1.77. The third-order valence-corrected chi connectivity index (χ3v) is 5.63. The lowest BCUT2D eigenvalue weighted by Crippen LogP contribution is -2.12. The normalized spacial score (nSPS) is 11.8. The summed E-state index contributed by atoms with van der Waals surface area (Å²) in [7, 11) is -3.69. The predicted molar refractivity (Wildman–Crippen MR) is 101 cm³/mol. The molecule has 0 atom stereocenters.